The summed E-state index contributed by atoms with van der Waals surface area (Å²) in [5, 5.41) is 3.59. The lowest BCUT2D eigenvalue weighted by molar-refractivity contribution is 0.168. The SMILES string of the molecule is CC(C)[C@@H]1CN(C2CC2)CCN1. The lowest BCUT2D eigenvalue weighted by Crippen LogP contribution is -2.53. The Kier molecular flexibility index (Phi) is 2.37. The van der Waals surface area contributed by atoms with Crippen molar-refractivity contribution in [3.05, 3.63) is 0 Å². The second-order valence-corrected chi connectivity index (χ2v) is 4.53. The quantitative estimate of drug-likeness (QED) is 0.663. The van der Waals surface area contributed by atoms with E-state index in [1.165, 1.54) is 32.5 Å². The maximum absolute atomic E-state index is 3.59. The molecule has 2 fully saturated rings. The Balaban J connectivity index is 1.85. The number of nitrogens with zero attached hydrogens (tertiary/aromatic N) is 1. The van der Waals surface area contributed by atoms with E-state index in [9.17, 15) is 0 Å². The first kappa shape index (κ1) is 8.52. The molecule has 1 aliphatic heterocycles. The third-order valence-corrected chi connectivity index (χ3v) is 3.10. The number of hydrogen-bond acceptors (Lipinski definition) is 2. The third-order valence-electron chi connectivity index (χ3n) is 3.10. The fourth-order valence-corrected chi connectivity index (χ4v) is 2.02. The number of piperazine rings is 1. The minimum absolute atomic E-state index is 0.736. The largest absolute Gasteiger partial charge is 0.311 e. The Bertz CT molecular complexity index is 144. The Labute approximate surface area is 75.3 Å². The van der Waals surface area contributed by atoms with Crippen LogP contribution >= 0.6 is 0 Å². The lowest BCUT2D eigenvalue weighted by Gasteiger charge is -2.35. The Morgan fingerprint density at radius 1 is 1.33 bits per heavy atom. The molecule has 2 aliphatic rings. The van der Waals surface area contributed by atoms with Gasteiger partial charge >= 0.3 is 0 Å². The molecular weight excluding hydrogens is 148 g/mol. The standard InChI is InChI=1S/C10H20N2/c1-8(2)10-7-12(6-5-11-10)9-3-4-9/h8-11H,3-7H2,1-2H3/t10-/m0/s1. The zero-order valence-electron chi connectivity index (χ0n) is 8.21. The van der Waals surface area contributed by atoms with Crippen molar-refractivity contribution in [3.63, 3.8) is 0 Å². The average molecular weight is 168 g/mol. The molecule has 0 aromatic carbocycles. The first-order valence-electron chi connectivity index (χ1n) is 5.25. The van der Waals surface area contributed by atoms with E-state index in [1.54, 1.807) is 0 Å². The van der Waals surface area contributed by atoms with Crippen LogP contribution in [-0.2, 0) is 0 Å². The first-order valence-corrected chi connectivity index (χ1v) is 5.25. The summed E-state index contributed by atoms with van der Waals surface area (Å²) in [7, 11) is 0. The normalized spacial score (nSPS) is 32.8. The van der Waals surface area contributed by atoms with Crippen LogP contribution in [0.2, 0.25) is 0 Å². The van der Waals surface area contributed by atoms with Crippen LogP contribution in [0.5, 0.6) is 0 Å². The predicted molar refractivity (Wildman–Crippen MR) is 51.2 cm³/mol. The van der Waals surface area contributed by atoms with E-state index < -0.39 is 0 Å². The number of nitrogens with one attached hydrogen (secondary N) is 1. The number of hydrogen-bond donors (Lipinski definition) is 1. The molecule has 0 bridgehead atoms. The Morgan fingerprint density at radius 3 is 2.67 bits per heavy atom. The topological polar surface area (TPSA) is 15.3 Å². The molecule has 1 aliphatic carbocycles. The maximum atomic E-state index is 3.59. The molecule has 2 rings (SSSR count). The second-order valence-electron chi connectivity index (χ2n) is 4.53. The summed E-state index contributed by atoms with van der Waals surface area (Å²) in [5.41, 5.74) is 0. The van der Waals surface area contributed by atoms with Crippen molar-refractivity contribution in [1.29, 1.82) is 0 Å². The number of rotatable bonds is 2. The summed E-state index contributed by atoms with van der Waals surface area (Å²) >= 11 is 0. The molecule has 2 heteroatoms. The Hall–Kier alpha value is -0.0800. The minimum Gasteiger partial charge on any atom is -0.311 e. The van der Waals surface area contributed by atoms with Gasteiger partial charge in [0, 0.05) is 31.7 Å². The molecule has 0 spiro atoms. The van der Waals surface area contributed by atoms with Crippen LogP contribution in [0.25, 0.3) is 0 Å². The van der Waals surface area contributed by atoms with E-state index in [2.05, 4.69) is 24.1 Å². The van der Waals surface area contributed by atoms with E-state index in [1.807, 2.05) is 0 Å². The molecule has 70 valence electrons. The van der Waals surface area contributed by atoms with E-state index in [0.717, 1.165) is 18.0 Å². The molecule has 2 nitrogen and oxygen atoms in total. The highest BCUT2D eigenvalue weighted by Crippen LogP contribution is 2.28. The fraction of sp³-hybridized carbons (Fsp3) is 1.00. The van der Waals surface area contributed by atoms with Gasteiger partial charge < -0.3 is 5.32 Å². The van der Waals surface area contributed by atoms with E-state index >= 15 is 0 Å². The van der Waals surface area contributed by atoms with Gasteiger partial charge in [-0.2, -0.15) is 0 Å². The lowest BCUT2D eigenvalue weighted by atomic mass is 10.0. The molecule has 12 heavy (non-hydrogen) atoms. The van der Waals surface area contributed by atoms with Crippen LogP contribution in [0, 0.1) is 5.92 Å². The molecule has 1 heterocycles. The zero-order chi connectivity index (χ0) is 8.55. The van der Waals surface area contributed by atoms with Crippen molar-refractivity contribution in [2.45, 2.75) is 38.8 Å². The molecule has 0 aromatic rings. The van der Waals surface area contributed by atoms with Crippen molar-refractivity contribution in [2.75, 3.05) is 19.6 Å². The van der Waals surface area contributed by atoms with Gasteiger partial charge in [0.15, 0.2) is 0 Å². The van der Waals surface area contributed by atoms with Crippen molar-refractivity contribution >= 4 is 0 Å². The van der Waals surface area contributed by atoms with Gasteiger partial charge in [-0.25, -0.2) is 0 Å². The van der Waals surface area contributed by atoms with Crippen LogP contribution in [0.15, 0.2) is 0 Å². The van der Waals surface area contributed by atoms with Gasteiger partial charge in [-0.3, -0.25) is 4.90 Å². The first-order chi connectivity index (χ1) is 5.77. The third kappa shape index (κ3) is 1.80. The van der Waals surface area contributed by atoms with E-state index in [0.29, 0.717) is 0 Å². The summed E-state index contributed by atoms with van der Waals surface area (Å²) in [6.45, 7) is 8.37. The van der Waals surface area contributed by atoms with Gasteiger partial charge in [0.1, 0.15) is 0 Å². The summed E-state index contributed by atoms with van der Waals surface area (Å²) in [5.74, 6) is 0.784. The highest BCUT2D eigenvalue weighted by molar-refractivity contribution is 4.90. The van der Waals surface area contributed by atoms with Crippen molar-refractivity contribution < 1.29 is 0 Å². The van der Waals surface area contributed by atoms with Gasteiger partial charge in [0.2, 0.25) is 0 Å². The van der Waals surface area contributed by atoms with Crippen LogP contribution in [0.4, 0.5) is 0 Å². The van der Waals surface area contributed by atoms with Crippen LogP contribution < -0.4 is 5.32 Å². The molecular formula is C10H20N2. The van der Waals surface area contributed by atoms with Crippen molar-refractivity contribution in [3.8, 4) is 0 Å². The van der Waals surface area contributed by atoms with Crippen molar-refractivity contribution in [2.24, 2.45) is 5.92 Å². The summed E-state index contributed by atoms with van der Waals surface area (Å²) in [6.07, 6.45) is 2.90. The second kappa shape index (κ2) is 3.35. The molecule has 0 amide bonds. The van der Waals surface area contributed by atoms with Crippen molar-refractivity contribution in [1.82, 2.24) is 10.2 Å². The molecule has 1 atom stereocenters. The average Bonchev–Trinajstić information content (AvgIpc) is 2.87. The smallest absolute Gasteiger partial charge is 0.0218 e. The minimum atomic E-state index is 0.736. The maximum Gasteiger partial charge on any atom is 0.0218 e. The molecule has 0 unspecified atom stereocenters. The predicted octanol–water partition coefficient (Wildman–Crippen LogP) is 1.08. The van der Waals surface area contributed by atoms with Gasteiger partial charge in [-0.05, 0) is 18.8 Å². The fourth-order valence-electron chi connectivity index (χ4n) is 2.02. The molecule has 1 saturated heterocycles. The Morgan fingerprint density at radius 2 is 2.08 bits per heavy atom. The zero-order valence-corrected chi connectivity index (χ0v) is 8.21. The van der Waals surface area contributed by atoms with E-state index in [4.69, 9.17) is 0 Å². The summed E-state index contributed by atoms with van der Waals surface area (Å²) < 4.78 is 0. The van der Waals surface area contributed by atoms with Crippen LogP contribution in [0.1, 0.15) is 26.7 Å². The van der Waals surface area contributed by atoms with Crippen LogP contribution in [-0.4, -0.2) is 36.6 Å². The molecule has 0 radical (unpaired) electrons. The highest BCUT2D eigenvalue weighted by atomic mass is 15.2. The van der Waals surface area contributed by atoms with Crippen LogP contribution in [0.3, 0.4) is 0 Å². The highest BCUT2D eigenvalue weighted by Gasteiger charge is 2.32. The van der Waals surface area contributed by atoms with Gasteiger partial charge in [0.25, 0.3) is 0 Å². The monoisotopic (exact) mass is 168 g/mol. The summed E-state index contributed by atoms with van der Waals surface area (Å²) in [4.78, 5) is 2.67. The molecule has 1 saturated carbocycles. The van der Waals surface area contributed by atoms with E-state index in [-0.39, 0.29) is 0 Å². The summed E-state index contributed by atoms with van der Waals surface area (Å²) in [6, 6.07) is 1.69. The van der Waals surface area contributed by atoms with Gasteiger partial charge in [0.05, 0.1) is 0 Å². The molecule has 1 N–H and O–H groups in total. The van der Waals surface area contributed by atoms with Gasteiger partial charge in [-0.15, -0.1) is 0 Å². The van der Waals surface area contributed by atoms with Gasteiger partial charge in [-0.1, -0.05) is 13.8 Å². The molecule has 0 aromatic heterocycles.